The Kier molecular flexibility index (Phi) is 4.80. The Morgan fingerprint density at radius 1 is 1.60 bits per heavy atom. The number of aliphatic imine (C=N–C) groups is 1. The first-order chi connectivity index (χ1) is 7.15. The number of hydrogen-bond acceptors (Lipinski definition) is 1. The van der Waals surface area contributed by atoms with E-state index in [1.54, 1.807) is 0 Å². The van der Waals surface area contributed by atoms with Crippen LogP contribution in [0.25, 0.3) is 0 Å². The van der Waals surface area contributed by atoms with Crippen molar-refractivity contribution in [1.29, 1.82) is 0 Å². The zero-order valence-corrected chi connectivity index (χ0v) is 10.3. The molecule has 1 heterocycles. The Bertz CT molecular complexity index is 273. The maximum atomic E-state index is 4.79. The van der Waals surface area contributed by atoms with Crippen LogP contribution in [0.1, 0.15) is 46.5 Å². The fourth-order valence-corrected chi connectivity index (χ4v) is 2.15. The van der Waals surface area contributed by atoms with E-state index < -0.39 is 0 Å². The van der Waals surface area contributed by atoms with Gasteiger partial charge in [0.15, 0.2) is 0 Å². The predicted octanol–water partition coefficient (Wildman–Crippen LogP) is 4.16. The molecule has 0 N–H and O–H groups in total. The lowest BCUT2D eigenvalue weighted by Crippen LogP contribution is -2.16. The largest absolute Gasteiger partial charge is 0.286 e. The van der Waals surface area contributed by atoms with Gasteiger partial charge in [0, 0.05) is 11.6 Å². The van der Waals surface area contributed by atoms with Crippen molar-refractivity contribution in [3.63, 3.8) is 0 Å². The van der Waals surface area contributed by atoms with Crippen LogP contribution in [0.2, 0.25) is 0 Å². The third kappa shape index (κ3) is 3.65. The Labute approximate surface area is 94.0 Å². The van der Waals surface area contributed by atoms with Crippen molar-refractivity contribution in [3.05, 3.63) is 24.3 Å². The quantitative estimate of drug-likeness (QED) is 0.613. The fourth-order valence-electron chi connectivity index (χ4n) is 2.15. The van der Waals surface area contributed by atoms with Crippen LogP contribution < -0.4 is 0 Å². The van der Waals surface area contributed by atoms with E-state index in [-0.39, 0.29) is 0 Å². The minimum atomic E-state index is 0.338. The van der Waals surface area contributed by atoms with E-state index in [0.717, 1.165) is 12.8 Å². The average molecular weight is 205 g/mol. The highest BCUT2D eigenvalue weighted by molar-refractivity contribution is 5.82. The Morgan fingerprint density at radius 3 is 2.93 bits per heavy atom. The number of hydrogen-bond donors (Lipinski definition) is 0. The summed E-state index contributed by atoms with van der Waals surface area (Å²) < 4.78 is 0. The molecule has 1 unspecified atom stereocenters. The fraction of sp³-hybridized carbons (Fsp3) is 0.643. The molecule has 0 saturated heterocycles. The highest BCUT2D eigenvalue weighted by Gasteiger charge is 2.21. The molecule has 1 aliphatic heterocycles. The molecule has 15 heavy (non-hydrogen) atoms. The molecule has 1 aliphatic rings. The molecule has 1 rings (SSSR count). The molecule has 0 aromatic carbocycles. The Balaban J connectivity index is 2.84. The second kappa shape index (κ2) is 5.89. The maximum absolute atomic E-state index is 4.79. The average Bonchev–Trinajstić information content (AvgIpc) is 2.36. The van der Waals surface area contributed by atoms with Gasteiger partial charge in [0.05, 0.1) is 6.04 Å². The maximum Gasteiger partial charge on any atom is 0.0744 e. The lowest BCUT2D eigenvalue weighted by atomic mass is 9.89. The smallest absolute Gasteiger partial charge is 0.0744 e. The van der Waals surface area contributed by atoms with Gasteiger partial charge in [-0.3, -0.25) is 4.99 Å². The lowest BCUT2D eigenvalue weighted by Gasteiger charge is -2.20. The van der Waals surface area contributed by atoms with Gasteiger partial charge in [0.1, 0.15) is 0 Å². The van der Waals surface area contributed by atoms with E-state index in [4.69, 9.17) is 4.99 Å². The topological polar surface area (TPSA) is 12.4 Å². The van der Waals surface area contributed by atoms with Crippen molar-refractivity contribution in [3.8, 4) is 0 Å². The third-order valence-electron chi connectivity index (χ3n) is 3.04. The van der Waals surface area contributed by atoms with Crippen molar-refractivity contribution in [2.24, 2.45) is 10.9 Å². The van der Waals surface area contributed by atoms with Gasteiger partial charge >= 0.3 is 0 Å². The SMILES string of the molecule is C=C(C)[C@H]1CCCC(C)=NC1C=CCC. The molecule has 1 heteroatoms. The zero-order valence-electron chi connectivity index (χ0n) is 10.3. The van der Waals surface area contributed by atoms with Gasteiger partial charge in [-0.1, -0.05) is 31.2 Å². The van der Waals surface area contributed by atoms with Gasteiger partial charge in [0.25, 0.3) is 0 Å². The summed E-state index contributed by atoms with van der Waals surface area (Å²) in [5.41, 5.74) is 2.57. The van der Waals surface area contributed by atoms with E-state index in [2.05, 4.69) is 39.5 Å². The van der Waals surface area contributed by atoms with Crippen LogP contribution in [-0.4, -0.2) is 11.8 Å². The molecule has 0 aromatic rings. The zero-order chi connectivity index (χ0) is 11.3. The Morgan fingerprint density at radius 2 is 2.33 bits per heavy atom. The molecule has 0 saturated carbocycles. The van der Waals surface area contributed by atoms with E-state index >= 15 is 0 Å². The van der Waals surface area contributed by atoms with Gasteiger partial charge in [-0.2, -0.15) is 0 Å². The molecular weight excluding hydrogens is 182 g/mol. The summed E-state index contributed by atoms with van der Waals surface area (Å²) >= 11 is 0. The standard InChI is InChI=1S/C14H23N/c1-5-6-10-14-13(11(2)3)9-7-8-12(4)15-14/h6,10,13-14H,2,5,7-9H2,1,3-4H3/t13-,14?/m1/s1. The van der Waals surface area contributed by atoms with E-state index in [0.29, 0.717) is 12.0 Å². The minimum absolute atomic E-state index is 0.338. The molecular formula is C14H23N. The van der Waals surface area contributed by atoms with Gasteiger partial charge in [-0.25, -0.2) is 0 Å². The number of allylic oxidation sites excluding steroid dienone is 1. The van der Waals surface area contributed by atoms with Crippen LogP contribution in [0.5, 0.6) is 0 Å². The van der Waals surface area contributed by atoms with Crippen molar-refractivity contribution in [1.82, 2.24) is 0 Å². The van der Waals surface area contributed by atoms with Crippen LogP contribution in [0.3, 0.4) is 0 Å². The van der Waals surface area contributed by atoms with Crippen LogP contribution in [0, 0.1) is 5.92 Å². The monoisotopic (exact) mass is 205 g/mol. The molecule has 0 spiro atoms. The van der Waals surface area contributed by atoms with Crippen molar-refractivity contribution in [2.75, 3.05) is 0 Å². The van der Waals surface area contributed by atoms with Crippen molar-refractivity contribution < 1.29 is 0 Å². The molecule has 1 nitrogen and oxygen atoms in total. The second-order valence-corrected chi connectivity index (χ2v) is 4.54. The van der Waals surface area contributed by atoms with E-state index in [1.165, 1.54) is 24.1 Å². The second-order valence-electron chi connectivity index (χ2n) is 4.54. The van der Waals surface area contributed by atoms with Crippen LogP contribution in [-0.2, 0) is 0 Å². The highest BCUT2D eigenvalue weighted by atomic mass is 14.8. The summed E-state index contributed by atoms with van der Waals surface area (Å²) in [4.78, 5) is 4.79. The first kappa shape index (κ1) is 12.2. The lowest BCUT2D eigenvalue weighted by molar-refractivity contribution is 0.509. The number of rotatable bonds is 3. The first-order valence-corrected chi connectivity index (χ1v) is 6.00. The molecule has 0 radical (unpaired) electrons. The van der Waals surface area contributed by atoms with Crippen molar-refractivity contribution in [2.45, 2.75) is 52.5 Å². The van der Waals surface area contributed by atoms with Gasteiger partial charge in [-0.05, 0) is 39.5 Å². The van der Waals surface area contributed by atoms with Gasteiger partial charge in [0.2, 0.25) is 0 Å². The molecule has 2 atom stereocenters. The van der Waals surface area contributed by atoms with Gasteiger partial charge < -0.3 is 0 Å². The molecule has 84 valence electrons. The molecule has 0 amide bonds. The molecule has 0 aliphatic carbocycles. The summed E-state index contributed by atoms with van der Waals surface area (Å²) in [5, 5.41) is 0. The van der Waals surface area contributed by atoms with E-state index in [9.17, 15) is 0 Å². The Hall–Kier alpha value is -0.850. The minimum Gasteiger partial charge on any atom is -0.286 e. The van der Waals surface area contributed by atoms with E-state index in [1.807, 2.05) is 0 Å². The normalized spacial score (nSPS) is 27.5. The van der Waals surface area contributed by atoms with Crippen LogP contribution >= 0.6 is 0 Å². The summed E-state index contributed by atoms with van der Waals surface area (Å²) in [6, 6.07) is 0.338. The summed E-state index contributed by atoms with van der Waals surface area (Å²) in [6.45, 7) is 10.5. The molecule has 0 fully saturated rings. The molecule has 0 aromatic heterocycles. The van der Waals surface area contributed by atoms with Gasteiger partial charge in [-0.15, -0.1) is 0 Å². The highest BCUT2D eigenvalue weighted by Crippen LogP contribution is 2.27. The summed E-state index contributed by atoms with van der Waals surface area (Å²) in [6.07, 6.45) is 9.21. The first-order valence-electron chi connectivity index (χ1n) is 6.00. The number of nitrogens with zero attached hydrogens (tertiary/aromatic N) is 1. The summed E-state index contributed by atoms with van der Waals surface area (Å²) in [7, 11) is 0. The molecule has 0 bridgehead atoms. The summed E-state index contributed by atoms with van der Waals surface area (Å²) in [5.74, 6) is 0.547. The van der Waals surface area contributed by atoms with Crippen LogP contribution in [0.4, 0.5) is 0 Å². The van der Waals surface area contributed by atoms with Crippen molar-refractivity contribution >= 4 is 5.71 Å². The van der Waals surface area contributed by atoms with Crippen LogP contribution in [0.15, 0.2) is 29.3 Å². The predicted molar refractivity (Wildman–Crippen MR) is 68.5 cm³/mol. The third-order valence-corrected chi connectivity index (χ3v) is 3.04.